The Balaban J connectivity index is 1.73. The highest BCUT2D eigenvalue weighted by molar-refractivity contribution is 5.89. The van der Waals surface area contributed by atoms with Gasteiger partial charge in [0.05, 0.1) is 18.7 Å². The molecule has 0 aliphatic carbocycles. The second-order valence-electron chi connectivity index (χ2n) is 6.27. The Kier molecular flexibility index (Phi) is 5.35. The molecule has 0 aliphatic rings. The van der Waals surface area contributed by atoms with E-state index in [0.717, 1.165) is 16.3 Å². The summed E-state index contributed by atoms with van der Waals surface area (Å²) in [5.74, 6) is -0.881. The highest BCUT2D eigenvalue weighted by Crippen LogP contribution is 2.20. The van der Waals surface area contributed by atoms with Gasteiger partial charge in [-0.05, 0) is 35.4 Å². The van der Waals surface area contributed by atoms with Crippen molar-refractivity contribution in [1.29, 1.82) is 0 Å². The number of fused-ring (bicyclic) bond motifs is 1. The number of methoxy groups -OCH3 is 1. The van der Waals surface area contributed by atoms with Crippen molar-refractivity contribution < 1.29 is 14.3 Å². The number of ether oxygens (including phenoxy) is 1. The molecule has 0 aliphatic heterocycles. The van der Waals surface area contributed by atoms with Crippen molar-refractivity contribution in [2.45, 2.75) is 19.5 Å². The summed E-state index contributed by atoms with van der Waals surface area (Å²) in [5.41, 5.74) is 0.821. The summed E-state index contributed by atoms with van der Waals surface area (Å²) in [6.07, 6.45) is 1.33. The molecule has 138 valence electrons. The van der Waals surface area contributed by atoms with E-state index in [1.165, 1.54) is 30.0 Å². The van der Waals surface area contributed by atoms with Gasteiger partial charge in [-0.25, -0.2) is 4.79 Å². The van der Waals surface area contributed by atoms with E-state index in [1.807, 2.05) is 49.4 Å². The fraction of sp³-hybridized carbons (Fsp3) is 0.190. The zero-order chi connectivity index (χ0) is 19.4. The molecule has 0 unspecified atom stereocenters. The first-order valence-corrected chi connectivity index (χ1v) is 8.55. The van der Waals surface area contributed by atoms with Gasteiger partial charge in [0.2, 0.25) is 5.91 Å². The normalized spacial score (nSPS) is 11.8. The number of pyridine rings is 1. The van der Waals surface area contributed by atoms with E-state index in [9.17, 15) is 14.4 Å². The predicted molar refractivity (Wildman–Crippen MR) is 103 cm³/mol. The minimum Gasteiger partial charge on any atom is -0.465 e. The molecule has 0 radical (unpaired) electrons. The number of esters is 1. The molecule has 0 saturated carbocycles. The van der Waals surface area contributed by atoms with Crippen LogP contribution < -0.4 is 10.9 Å². The predicted octanol–water partition coefficient (Wildman–Crippen LogP) is 2.67. The van der Waals surface area contributed by atoms with Gasteiger partial charge < -0.3 is 14.6 Å². The Morgan fingerprint density at radius 3 is 2.56 bits per heavy atom. The maximum Gasteiger partial charge on any atom is 0.339 e. The average Bonchev–Trinajstić information content (AvgIpc) is 2.68. The van der Waals surface area contributed by atoms with E-state index >= 15 is 0 Å². The third-order valence-corrected chi connectivity index (χ3v) is 4.37. The number of aromatic nitrogens is 1. The first-order chi connectivity index (χ1) is 13.0. The van der Waals surface area contributed by atoms with Crippen LogP contribution in [0.15, 0.2) is 65.6 Å². The van der Waals surface area contributed by atoms with Gasteiger partial charge >= 0.3 is 5.97 Å². The Morgan fingerprint density at radius 1 is 1.07 bits per heavy atom. The molecule has 0 fully saturated rings. The van der Waals surface area contributed by atoms with Gasteiger partial charge in [0.25, 0.3) is 5.56 Å². The fourth-order valence-electron chi connectivity index (χ4n) is 2.90. The zero-order valence-corrected chi connectivity index (χ0v) is 15.1. The van der Waals surface area contributed by atoms with Crippen molar-refractivity contribution in [1.82, 2.24) is 9.88 Å². The number of rotatable bonds is 5. The highest BCUT2D eigenvalue weighted by atomic mass is 16.5. The third-order valence-electron chi connectivity index (χ3n) is 4.37. The number of nitrogens with one attached hydrogen (secondary N) is 1. The van der Waals surface area contributed by atoms with Crippen LogP contribution >= 0.6 is 0 Å². The van der Waals surface area contributed by atoms with Crippen LogP contribution in [0.1, 0.15) is 28.9 Å². The van der Waals surface area contributed by atoms with Crippen LogP contribution in [-0.2, 0) is 16.1 Å². The lowest BCUT2D eigenvalue weighted by Crippen LogP contribution is -2.33. The molecule has 6 nitrogen and oxygen atoms in total. The number of carbonyl (C=O) groups is 2. The van der Waals surface area contributed by atoms with Crippen molar-refractivity contribution in [2.24, 2.45) is 0 Å². The average molecular weight is 364 g/mol. The first-order valence-electron chi connectivity index (χ1n) is 8.55. The molecule has 1 heterocycles. The van der Waals surface area contributed by atoms with Gasteiger partial charge in [-0.1, -0.05) is 36.4 Å². The second-order valence-corrected chi connectivity index (χ2v) is 6.27. The monoisotopic (exact) mass is 364 g/mol. The molecule has 27 heavy (non-hydrogen) atoms. The van der Waals surface area contributed by atoms with Crippen molar-refractivity contribution in [3.8, 4) is 0 Å². The lowest BCUT2D eigenvalue weighted by atomic mass is 10.0. The summed E-state index contributed by atoms with van der Waals surface area (Å²) in [6, 6.07) is 16.4. The lowest BCUT2D eigenvalue weighted by Gasteiger charge is -2.16. The van der Waals surface area contributed by atoms with Crippen molar-refractivity contribution in [3.63, 3.8) is 0 Å². The van der Waals surface area contributed by atoms with Gasteiger partial charge in [0.1, 0.15) is 6.54 Å². The van der Waals surface area contributed by atoms with E-state index < -0.39 is 5.97 Å². The van der Waals surface area contributed by atoms with Crippen LogP contribution in [0.2, 0.25) is 0 Å². The van der Waals surface area contributed by atoms with Crippen LogP contribution in [0.25, 0.3) is 10.8 Å². The number of hydrogen-bond donors (Lipinski definition) is 1. The van der Waals surface area contributed by atoms with Gasteiger partial charge in [-0.3, -0.25) is 9.59 Å². The third kappa shape index (κ3) is 4.23. The molecular formula is C21H20N2O4. The van der Waals surface area contributed by atoms with E-state index in [-0.39, 0.29) is 29.6 Å². The van der Waals surface area contributed by atoms with Gasteiger partial charge in [0.15, 0.2) is 0 Å². The molecule has 0 saturated heterocycles. The molecule has 0 bridgehead atoms. The molecule has 6 heteroatoms. The highest BCUT2D eigenvalue weighted by Gasteiger charge is 2.13. The molecular weight excluding hydrogens is 344 g/mol. The van der Waals surface area contributed by atoms with E-state index in [0.29, 0.717) is 0 Å². The van der Waals surface area contributed by atoms with Gasteiger partial charge in [-0.15, -0.1) is 0 Å². The number of hydrogen-bond acceptors (Lipinski definition) is 4. The van der Waals surface area contributed by atoms with Crippen LogP contribution in [0, 0.1) is 0 Å². The quantitative estimate of drug-likeness (QED) is 0.706. The first kappa shape index (κ1) is 18.4. The summed E-state index contributed by atoms with van der Waals surface area (Å²) < 4.78 is 5.83. The van der Waals surface area contributed by atoms with Crippen LogP contribution in [0.3, 0.4) is 0 Å². The molecule has 3 rings (SSSR count). The number of amides is 1. The molecule has 1 aromatic heterocycles. The van der Waals surface area contributed by atoms with Crippen LogP contribution in [0.4, 0.5) is 0 Å². The molecule has 3 aromatic rings. The Labute approximate surface area is 156 Å². The minimum atomic E-state index is -0.561. The van der Waals surface area contributed by atoms with E-state index in [2.05, 4.69) is 10.1 Å². The summed E-state index contributed by atoms with van der Waals surface area (Å²) in [7, 11) is 1.26. The van der Waals surface area contributed by atoms with Crippen molar-refractivity contribution in [2.75, 3.05) is 7.11 Å². The maximum absolute atomic E-state index is 12.4. The molecule has 1 amide bonds. The minimum absolute atomic E-state index is 0.179. The van der Waals surface area contributed by atoms with Gasteiger partial charge in [-0.2, -0.15) is 0 Å². The van der Waals surface area contributed by atoms with Crippen molar-refractivity contribution >= 4 is 22.6 Å². The fourth-order valence-corrected chi connectivity index (χ4v) is 2.90. The maximum atomic E-state index is 12.4. The number of carbonyl (C=O) groups excluding carboxylic acids is 2. The number of benzene rings is 2. The van der Waals surface area contributed by atoms with Gasteiger partial charge in [0, 0.05) is 12.3 Å². The smallest absolute Gasteiger partial charge is 0.339 e. The van der Waals surface area contributed by atoms with Crippen LogP contribution in [-0.4, -0.2) is 23.6 Å². The Morgan fingerprint density at radius 2 is 1.81 bits per heavy atom. The summed E-state index contributed by atoms with van der Waals surface area (Å²) in [5, 5.41) is 5.11. The SMILES string of the molecule is COC(=O)c1ccc(=O)n(CC(=O)N[C@H](C)c2ccc3ccccc3c2)c1. The molecule has 1 N–H and O–H groups in total. The molecule has 2 aromatic carbocycles. The zero-order valence-electron chi connectivity index (χ0n) is 15.1. The largest absolute Gasteiger partial charge is 0.465 e. The second kappa shape index (κ2) is 7.86. The standard InChI is InChI=1S/C21H20N2O4/c1-14(16-8-7-15-5-3-4-6-17(15)11-16)22-19(24)13-23-12-18(21(26)27-2)9-10-20(23)25/h3-12,14H,13H2,1-2H3,(H,22,24)/t14-/m1/s1. The summed E-state index contributed by atoms with van der Waals surface area (Å²) in [4.78, 5) is 35.9. The van der Waals surface area contributed by atoms with Crippen molar-refractivity contribution in [3.05, 3.63) is 82.3 Å². The Hall–Kier alpha value is -3.41. The van der Waals surface area contributed by atoms with E-state index in [4.69, 9.17) is 0 Å². The lowest BCUT2D eigenvalue weighted by molar-refractivity contribution is -0.122. The summed E-state index contributed by atoms with van der Waals surface area (Å²) >= 11 is 0. The van der Waals surface area contributed by atoms with E-state index in [1.54, 1.807) is 0 Å². The topological polar surface area (TPSA) is 77.4 Å². The Bertz CT molecular complexity index is 1060. The molecule has 0 spiro atoms. The van der Waals surface area contributed by atoms with Crippen LogP contribution in [0.5, 0.6) is 0 Å². The summed E-state index contributed by atoms with van der Waals surface area (Å²) in [6.45, 7) is 1.71. The number of nitrogens with zero attached hydrogens (tertiary/aromatic N) is 1. The molecule has 1 atom stereocenters.